The van der Waals surface area contributed by atoms with Gasteiger partial charge in [0, 0.05) is 0 Å². The normalized spacial score (nSPS) is 9.95. The second kappa shape index (κ2) is 5.75. The van der Waals surface area contributed by atoms with Crippen LogP contribution in [0, 0.1) is 11.3 Å². The molecular weight excluding hydrogens is 260 g/mol. The highest BCUT2D eigenvalue weighted by molar-refractivity contribution is 5.92. The van der Waals surface area contributed by atoms with E-state index in [1.165, 1.54) is 10.9 Å². The standard InChI is InChI=1S/C13H12N4O3/c14-7-9-1-3-10(4-2-9)20-6-5-17-8-16-11(12(15)18)13(17)19/h1-4,8,19H,5-6H2,(H2,15,18). The SMILES string of the molecule is N#Cc1ccc(OCCn2cnc(C(N)=O)c2O)cc1. The van der Waals surface area contributed by atoms with E-state index in [4.69, 9.17) is 15.7 Å². The average Bonchev–Trinajstić information content (AvgIpc) is 2.81. The number of ether oxygens (including phenoxy) is 1. The lowest BCUT2D eigenvalue weighted by atomic mass is 10.2. The number of nitriles is 1. The number of benzene rings is 1. The van der Waals surface area contributed by atoms with Crippen molar-refractivity contribution < 1.29 is 14.6 Å². The smallest absolute Gasteiger partial charge is 0.272 e. The van der Waals surface area contributed by atoms with Crippen LogP contribution in [0.3, 0.4) is 0 Å². The van der Waals surface area contributed by atoms with E-state index in [0.717, 1.165) is 0 Å². The van der Waals surface area contributed by atoms with Gasteiger partial charge in [-0.15, -0.1) is 0 Å². The number of imidazole rings is 1. The molecule has 0 unspecified atom stereocenters. The lowest BCUT2D eigenvalue weighted by Gasteiger charge is -2.07. The molecule has 0 aliphatic heterocycles. The molecule has 3 N–H and O–H groups in total. The molecule has 0 radical (unpaired) electrons. The number of aromatic hydroxyl groups is 1. The second-order valence-electron chi connectivity index (χ2n) is 3.96. The van der Waals surface area contributed by atoms with Crippen LogP contribution in [0.5, 0.6) is 11.6 Å². The number of rotatable bonds is 5. The first-order chi connectivity index (χ1) is 9.61. The molecule has 0 atom stereocenters. The van der Waals surface area contributed by atoms with Crippen LogP contribution < -0.4 is 10.5 Å². The molecule has 0 bridgehead atoms. The Hall–Kier alpha value is -3.01. The van der Waals surface area contributed by atoms with Gasteiger partial charge in [-0.2, -0.15) is 5.26 Å². The van der Waals surface area contributed by atoms with Crippen LogP contribution in [0.25, 0.3) is 0 Å². The summed E-state index contributed by atoms with van der Waals surface area (Å²) in [6.07, 6.45) is 1.32. The van der Waals surface area contributed by atoms with Crippen molar-refractivity contribution in [3.05, 3.63) is 41.9 Å². The van der Waals surface area contributed by atoms with Crippen molar-refractivity contribution in [2.75, 3.05) is 6.61 Å². The molecule has 1 amide bonds. The minimum absolute atomic E-state index is 0.164. The van der Waals surface area contributed by atoms with Crippen molar-refractivity contribution in [3.8, 4) is 17.7 Å². The molecule has 2 aromatic rings. The molecule has 7 heteroatoms. The highest BCUT2D eigenvalue weighted by atomic mass is 16.5. The van der Waals surface area contributed by atoms with Crippen molar-refractivity contribution >= 4 is 5.91 Å². The molecule has 7 nitrogen and oxygen atoms in total. The number of carbonyl (C=O) groups excluding carboxylic acids is 1. The molecule has 0 saturated heterocycles. The number of nitrogens with two attached hydrogens (primary N) is 1. The molecule has 102 valence electrons. The van der Waals surface area contributed by atoms with E-state index >= 15 is 0 Å². The van der Waals surface area contributed by atoms with Crippen molar-refractivity contribution in [2.45, 2.75) is 6.54 Å². The molecule has 1 aromatic carbocycles. The van der Waals surface area contributed by atoms with Crippen molar-refractivity contribution in [3.63, 3.8) is 0 Å². The first kappa shape index (κ1) is 13.4. The van der Waals surface area contributed by atoms with Gasteiger partial charge in [-0.05, 0) is 24.3 Å². The zero-order chi connectivity index (χ0) is 14.5. The van der Waals surface area contributed by atoms with Gasteiger partial charge in [0.25, 0.3) is 5.91 Å². The van der Waals surface area contributed by atoms with E-state index in [1.54, 1.807) is 24.3 Å². The third-order valence-corrected chi connectivity index (χ3v) is 2.63. The van der Waals surface area contributed by atoms with E-state index in [2.05, 4.69) is 4.98 Å². The topological polar surface area (TPSA) is 114 Å². The third-order valence-electron chi connectivity index (χ3n) is 2.63. The quantitative estimate of drug-likeness (QED) is 0.828. The minimum Gasteiger partial charge on any atom is -0.493 e. The highest BCUT2D eigenvalue weighted by Gasteiger charge is 2.14. The van der Waals surface area contributed by atoms with Gasteiger partial charge in [0.1, 0.15) is 12.4 Å². The van der Waals surface area contributed by atoms with Crippen molar-refractivity contribution in [2.24, 2.45) is 5.73 Å². The van der Waals surface area contributed by atoms with Crippen LogP contribution >= 0.6 is 0 Å². The Morgan fingerprint density at radius 2 is 2.15 bits per heavy atom. The van der Waals surface area contributed by atoms with Gasteiger partial charge in [0.15, 0.2) is 5.69 Å². The Morgan fingerprint density at radius 3 is 2.70 bits per heavy atom. The van der Waals surface area contributed by atoms with Gasteiger partial charge < -0.3 is 15.6 Å². The van der Waals surface area contributed by atoms with Crippen LogP contribution in [0.2, 0.25) is 0 Å². The predicted octanol–water partition coefficient (Wildman–Crippen LogP) is 0.638. The molecule has 0 aliphatic carbocycles. The number of hydrogen-bond acceptors (Lipinski definition) is 5. The zero-order valence-electron chi connectivity index (χ0n) is 10.5. The average molecular weight is 272 g/mol. The van der Waals surface area contributed by atoms with Gasteiger partial charge in [-0.1, -0.05) is 0 Å². The van der Waals surface area contributed by atoms with Crippen molar-refractivity contribution in [1.82, 2.24) is 9.55 Å². The Morgan fingerprint density at radius 1 is 1.45 bits per heavy atom. The summed E-state index contributed by atoms with van der Waals surface area (Å²) < 4.78 is 6.81. The van der Waals surface area contributed by atoms with Crippen LogP contribution in [-0.2, 0) is 6.54 Å². The molecule has 0 fully saturated rings. The fraction of sp³-hybridized carbons (Fsp3) is 0.154. The van der Waals surface area contributed by atoms with Gasteiger partial charge >= 0.3 is 0 Å². The molecular formula is C13H12N4O3. The Balaban J connectivity index is 1.92. The summed E-state index contributed by atoms with van der Waals surface area (Å²) in [5.41, 5.74) is 5.43. The van der Waals surface area contributed by atoms with E-state index in [1.807, 2.05) is 6.07 Å². The summed E-state index contributed by atoms with van der Waals surface area (Å²) in [6.45, 7) is 0.583. The largest absolute Gasteiger partial charge is 0.493 e. The fourth-order valence-corrected chi connectivity index (χ4v) is 1.60. The van der Waals surface area contributed by atoms with E-state index in [0.29, 0.717) is 17.9 Å². The lowest BCUT2D eigenvalue weighted by molar-refractivity contribution is 0.0992. The first-order valence-corrected chi connectivity index (χ1v) is 5.78. The third kappa shape index (κ3) is 2.87. The van der Waals surface area contributed by atoms with Crippen LogP contribution in [0.15, 0.2) is 30.6 Å². The zero-order valence-corrected chi connectivity index (χ0v) is 10.5. The first-order valence-electron chi connectivity index (χ1n) is 5.78. The highest BCUT2D eigenvalue weighted by Crippen LogP contribution is 2.15. The summed E-state index contributed by atoms with van der Waals surface area (Å²) >= 11 is 0. The predicted molar refractivity (Wildman–Crippen MR) is 69.1 cm³/mol. The maximum Gasteiger partial charge on any atom is 0.272 e. The van der Waals surface area contributed by atoms with Crippen LogP contribution in [-0.4, -0.2) is 27.2 Å². The van der Waals surface area contributed by atoms with E-state index < -0.39 is 5.91 Å². The Bertz CT molecular complexity index is 655. The molecule has 0 saturated carbocycles. The van der Waals surface area contributed by atoms with E-state index in [9.17, 15) is 9.90 Å². The van der Waals surface area contributed by atoms with Crippen molar-refractivity contribution in [1.29, 1.82) is 5.26 Å². The monoisotopic (exact) mass is 272 g/mol. The molecule has 0 spiro atoms. The van der Waals surface area contributed by atoms with Gasteiger partial charge in [-0.25, -0.2) is 4.98 Å². The number of nitrogens with zero attached hydrogens (tertiary/aromatic N) is 3. The van der Waals surface area contributed by atoms with E-state index in [-0.39, 0.29) is 18.2 Å². The summed E-state index contributed by atoms with van der Waals surface area (Å²) in [5.74, 6) is -0.450. The van der Waals surface area contributed by atoms with Crippen LogP contribution in [0.1, 0.15) is 16.1 Å². The minimum atomic E-state index is -0.783. The summed E-state index contributed by atoms with van der Waals surface area (Å²) in [4.78, 5) is 14.6. The number of primary amides is 1. The number of amides is 1. The maximum atomic E-state index is 10.9. The molecule has 0 aliphatic rings. The van der Waals surface area contributed by atoms with Gasteiger partial charge in [0.2, 0.25) is 5.88 Å². The van der Waals surface area contributed by atoms with Gasteiger partial charge in [0.05, 0.1) is 24.5 Å². The fourth-order valence-electron chi connectivity index (χ4n) is 1.60. The maximum absolute atomic E-state index is 10.9. The molecule has 2 rings (SSSR count). The second-order valence-corrected chi connectivity index (χ2v) is 3.96. The Kier molecular flexibility index (Phi) is 3.86. The molecule has 1 aromatic heterocycles. The molecule has 20 heavy (non-hydrogen) atoms. The summed E-state index contributed by atoms with van der Waals surface area (Å²) in [6, 6.07) is 8.67. The number of hydrogen-bond donors (Lipinski definition) is 2. The lowest BCUT2D eigenvalue weighted by Crippen LogP contribution is -2.12. The summed E-state index contributed by atoms with van der Waals surface area (Å²) in [7, 11) is 0. The van der Waals surface area contributed by atoms with Gasteiger partial charge in [-0.3, -0.25) is 9.36 Å². The number of aromatic nitrogens is 2. The van der Waals surface area contributed by atoms with Crippen LogP contribution in [0.4, 0.5) is 0 Å². The molecule has 1 heterocycles. The Labute approximate surface area is 114 Å². The number of carbonyl (C=O) groups is 1. The summed E-state index contributed by atoms with van der Waals surface area (Å²) in [5, 5.41) is 18.3.